The van der Waals surface area contributed by atoms with E-state index in [2.05, 4.69) is 37.3 Å². The van der Waals surface area contributed by atoms with Gasteiger partial charge in [0.2, 0.25) is 0 Å². The van der Waals surface area contributed by atoms with Gasteiger partial charge in [-0.05, 0) is 94.5 Å². The molecular formula is C28H21BrN6O3. The number of phenolic OH excluding ortho intramolecular Hbond substituents is 1. The van der Waals surface area contributed by atoms with E-state index >= 15 is 0 Å². The number of fused-ring (bicyclic) bond motifs is 2. The van der Waals surface area contributed by atoms with Crippen LogP contribution in [0, 0.1) is 0 Å². The molecule has 0 unspecified atom stereocenters. The first-order valence-corrected chi connectivity index (χ1v) is 12.7. The highest BCUT2D eigenvalue weighted by Crippen LogP contribution is 2.36. The van der Waals surface area contributed by atoms with Crippen LogP contribution in [0.3, 0.4) is 0 Å². The molecule has 1 amide bonds. The average molecular weight is 569 g/mol. The van der Waals surface area contributed by atoms with Crippen LogP contribution in [0.1, 0.15) is 44.3 Å². The number of rotatable bonds is 5. The van der Waals surface area contributed by atoms with Crippen LogP contribution in [-0.2, 0) is 6.42 Å². The van der Waals surface area contributed by atoms with E-state index in [1.54, 1.807) is 6.20 Å². The number of carbonyl (C=O) groups is 2. The van der Waals surface area contributed by atoms with Gasteiger partial charge >= 0.3 is 0 Å². The fourth-order valence-corrected chi connectivity index (χ4v) is 5.19. The fraction of sp³-hybridized carbons (Fsp3) is 0.107. The number of nitrogens with two attached hydrogens (primary N) is 1. The number of nitrogens with zero attached hydrogens (tertiary/aromatic N) is 4. The van der Waals surface area contributed by atoms with Crippen molar-refractivity contribution in [2.75, 3.05) is 5.73 Å². The van der Waals surface area contributed by atoms with Crippen LogP contribution < -0.4 is 11.1 Å². The molecule has 1 aliphatic rings. The third-order valence-corrected chi connectivity index (χ3v) is 7.18. The number of hydrogen-bond acceptors (Lipinski definition) is 7. The van der Waals surface area contributed by atoms with Gasteiger partial charge in [-0.15, -0.1) is 0 Å². The molecule has 188 valence electrons. The van der Waals surface area contributed by atoms with E-state index < -0.39 is 0 Å². The molecule has 5 aromatic rings. The summed E-state index contributed by atoms with van der Waals surface area (Å²) in [6, 6.07) is 17.6. The maximum atomic E-state index is 12.9. The fourth-order valence-electron chi connectivity index (χ4n) is 4.89. The minimum Gasteiger partial charge on any atom is -0.507 e. The quantitative estimate of drug-likeness (QED) is 0.205. The van der Waals surface area contributed by atoms with Gasteiger partial charge in [0.25, 0.3) is 5.91 Å². The summed E-state index contributed by atoms with van der Waals surface area (Å²) < 4.78 is 2.66. The summed E-state index contributed by atoms with van der Waals surface area (Å²) in [4.78, 5) is 37.8. The van der Waals surface area contributed by atoms with Crippen molar-refractivity contribution in [1.82, 2.24) is 24.8 Å². The van der Waals surface area contributed by atoms with Gasteiger partial charge in [-0.25, -0.2) is 15.0 Å². The largest absolute Gasteiger partial charge is 0.507 e. The van der Waals surface area contributed by atoms with Crippen molar-refractivity contribution in [3.05, 3.63) is 93.7 Å². The van der Waals surface area contributed by atoms with E-state index in [1.165, 1.54) is 18.2 Å². The Morgan fingerprint density at radius 2 is 2.00 bits per heavy atom. The highest BCUT2D eigenvalue weighted by molar-refractivity contribution is 9.10. The molecule has 6 rings (SSSR count). The Morgan fingerprint density at radius 3 is 2.82 bits per heavy atom. The second-order valence-electron chi connectivity index (χ2n) is 9.02. The first kappa shape index (κ1) is 23.8. The number of aryl methyl sites for hydroxylation is 1. The van der Waals surface area contributed by atoms with Crippen LogP contribution in [0.4, 0.5) is 5.82 Å². The monoisotopic (exact) mass is 568 g/mol. The molecule has 0 bridgehead atoms. The number of aldehydes is 1. The van der Waals surface area contributed by atoms with E-state index in [0.717, 1.165) is 35.2 Å². The standard InChI is InChI=1S/C28H21BrN6O3/c29-24-10-8-22-27(34-24)35(26(32-22)20-2-1-11-31-25(20)30)18-5-6-19-15(13-18)3-7-21(19)33-28(38)16-4-9-23(37)17(12-16)14-36/h1-2,4-6,8-14,21,37H,3,7H2,(H2,30,31)(H,33,38)/t21-/m0/s1. The zero-order chi connectivity index (χ0) is 26.4. The molecule has 38 heavy (non-hydrogen) atoms. The smallest absolute Gasteiger partial charge is 0.251 e. The Bertz CT molecular complexity index is 1750. The van der Waals surface area contributed by atoms with Gasteiger partial charge in [0, 0.05) is 17.4 Å². The molecule has 1 atom stereocenters. The lowest BCUT2D eigenvalue weighted by Crippen LogP contribution is -2.27. The predicted octanol–water partition coefficient (Wildman–Crippen LogP) is 4.76. The van der Waals surface area contributed by atoms with Crippen molar-refractivity contribution in [2.45, 2.75) is 18.9 Å². The topological polar surface area (TPSA) is 136 Å². The van der Waals surface area contributed by atoms with Crippen molar-refractivity contribution in [3.63, 3.8) is 0 Å². The summed E-state index contributed by atoms with van der Waals surface area (Å²) in [5, 5.41) is 12.8. The number of anilines is 1. The molecule has 0 saturated heterocycles. The normalized spacial score (nSPS) is 14.4. The predicted molar refractivity (Wildman–Crippen MR) is 146 cm³/mol. The second kappa shape index (κ2) is 9.38. The number of nitrogen functional groups attached to an aromatic ring is 1. The number of aromatic hydroxyl groups is 1. The number of pyridine rings is 2. The van der Waals surface area contributed by atoms with E-state index in [4.69, 9.17) is 10.7 Å². The van der Waals surface area contributed by atoms with Gasteiger partial charge in [-0.3, -0.25) is 14.2 Å². The van der Waals surface area contributed by atoms with E-state index in [0.29, 0.717) is 39.3 Å². The lowest BCUT2D eigenvalue weighted by atomic mass is 10.1. The summed E-state index contributed by atoms with van der Waals surface area (Å²) in [6.45, 7) is 0. The maximum Gasteiger partial charge on any atom is 0.251 e. The Balaban J connectivity index is 1.37. The lowest BCUT2D eigenvalue weighted by Gasteiger charge is -2.16. The number of imidazole rings is 1. The summed E-state index contributed by atoms with van der Waals surface area (Å²) in [7, 11) is 0. The van der Waals surface area contributed by atoms with Crippen molar-refractivity contribution in [3.8, 4) is 22.8 Å². The lowest BCUT2D eigenvalue weighted by molar-refractivity contribution is 0.0936. The van der Waals surface area contributed by atoms with Gasteiger partial charge < -0.3 is 16.2 Å². The Kier molecular flexibility index (Phi) is 5.88. The summed E-state index contributed by atoms with van der Waals surface area (Å²) in [5.74, 6) is 0.548. The maximum absolute atomic E-state index is 12.9. The zero-order valence-corrected chi connectivity index (χ0v) is 21.5. The average Bonchev–Trinajstić information content (AvgIpc) is 3.49. The third kappa shape index (κ3) is 4.08. The molecule has 0 radical (unpaired) electrons. The molecule has 2 aromatic carbocycles. The van der Waals surface area contributed by atoms with Gasteiger partial charge in [-0.2, -0.15) is 0 Å². The highest BCUT2D eigenvalue weighted by Gasteiger charge is 2.26. The van der Waals surface area contributed by atoms with E-state index in [-0.39, 0.29) is 23.3 Å². The van der Waals surface area contributed by atoms with Gasteiger partial charge in [0.1, 0.15) is 21.7 Å². The van der Waals surface area contributed by atoms with Crippen LogP contribution in [0.25, 0.3) is 28.2 Å². The molecule has 4 N–H and O–H groups in total. The van der Waals surface area contributed by atoms with Crippen LogP contribution in [-0.4, -0.2) is 36.8 Å². The molecule has 0 fully saturated rings. The highest BCUT2D eigenvalue weighted by atomic mass is 79.9. The van der Waals surface area contributed by atoms with Gasteiger partial charge in [0.15, 0.2) is 17.8 Å². The second-order valence-corrected chi connectivity index (χ2v) is 9.84. The molecule has 3 heterocycles. The van der Waals surface area contributed by atoms with Crippen molar-refractivity contribution in [1.29, 1.82) is 0 Å². The number of amides is 1. The first-order valence-electron chi connectivity index (χ1n) is 11.9. The molecule has 0 aliphatic heterocycles. The molecule has 0 spiro atoms. The summed E-state index contributed by atoms with van der Waals surface area (Å²) >= 11 is 3.47. The summed E-state index contributed by atoms with van der Waals surface area (Å²) in [5.41, 5.74) is 11.7. The SMILES string of the molecule is Nc1ncccc1-c1nc2ccc(Br)nc2n1-c1ccc2c(c1)CC[C@@H]2NC(=O)c1ccc(O)c(C=O)c1. The molecule has 9 nitrogen and oxygen atoms in total. The number of aromatic nitrogens is 4. The van der Waals surface area contributed by atoms with E-state index in [1.807, 2.05) is 41.0 Å². The summed E-state index contributed by atoms with van der Waals surface area (Å²) in [6.07, 6.45) is 3.68. The molecule has 0 saturated carbocycles. The molecular weight excluding hydrogens is 548 g/mol. The third-order valence-electron chi connectivity index (χ3n) is 6.73. The number of hydrogen-bond donors (Lipinski definition) is 3. The molecule has 1 aliphatic carbocycles. The number of halogens is 1. The van der Waals surface area contributed by atoms with Crippen molar-refractivity contribution >= 4 is 45.1 Å². The van der Waals surface area contributed by atoms with Crippen LogP contribution in [0.2, 0.25) is 0 Å². The van der Waals surface area contributed by atoms with Crippen molar-refractivity contribution in [2.24, 2.45) is 0 Å². The minimum atomic E-state index is -0.306. The molecule has 10 heteroatoms. The molecule has 3 aromatic heterocycles. The first-order chi connectivity index (χ1) is 18.4. The van der Waals surface area contributed by atoms with Crippen molar-refractivity contribution < 1.29 is 14.7 Å². The Morgan fingerprint density at radius 1 is 1.13 bits per heavy atom. The number of carbonyl (C=O) groups excluding carboxylic acids is 2. The van der Waals surface area contributed by atoms with Crippen LogP contribution >= 0.6 is 15.9 Å². The minimum absolute atomic E-state index is 0.0759. The Hall–Kier alpha value is -4.57. The van der Waals surface area contributed by atoms with Gasteiger partial charge in [-0.1, -0.05) is 6.07 Å². The van der Waals surface area contributed by atoms with Crippen LogP contribution in [0.5, 0.6) is 5.75 Å². The number of phenols is 1. The van der Waals surface area contributed by atoms with Gasteiger partial charge in [0.05, 0.1) is 17.2 Å². The number of nitrogens with one attached hydrogen (secondary N) is 1. The van der Waals surface area contributed by atoms with E-state index in [9.17, 15) is 14.7 Å². The zero-order valence-electron chi connectivity index (χ0n) is 19.9. The number of benzene rings is 2. The van der Waals surface area contributed by atoms with Crippen LogP contribution in [0.15, 0.2) is 71.5 Å². The Labute approximate surface area is 225 Å².